The second-order valence-corrected chi connectivity index (χ2v) is 4.60. The molecule has 0 spiro atoms. The number of pyridine rings is 1. The average molecular weight is 290 g/mol. The van der Waals surface area contributed by atoms with Crippen molar-refractivity contribution in [2.45, 2.75) is 13.0 Å². The van der Waals surface area contributed by atoms with Gasteiger partial charge in [0.05, 0.1) is 0 Å². The van der Waals surface area contributed by atoms with Crippen LogP contribution in [0.2, 0.25) is 0 Å². The monoisotopic (exact) mass is 290 g/mol. The molecule has 0 aliphatic heterocycles. The van der Waals surface area contributed by atoms with E-state index < -0.39 is 4.92 Å². The summed E-state index contributed by atoms with van der Waals surface area (Å²) in [5, 5.41) is 17.1. The van der Waals surface area contributed by atoms with Crippen LogP contribution in [0.25, 0.3) is 0 Å². The number of hydrogen-bond acceptors (Lipinski definition) is 6. The molecule has 112 valence electrons. The molecule has 0 fully saturated rings. The third-order valence-electron chi connectivity index (χ3n) is 2.97. The number of aromatic nitrogens is 3. The molecule has 0 unspecified atom stereocenters. The predicted molar refractivity (Wildman–Crippen MR) is 78.9 cm³/mol. The zero-order chi connectivity index (χ0) is 15.1. The summed E-state index contributed by atoms with van der Waals surface area (Å²) in [5.74, 6) is 0.299. The lowest BCUT2D eigenvalue weighted by Crippen LogP contribution is -2.18. The topological polar surface area (TPSA) is 97.9 Å². The Kier molecular flexibility index (Phi) is 5.22. The van der Waals surface area contributed by atoms with Crippen LogP contribution in [0.15, 0.2) is 30.9 Å². The molecule has 0 aliphatic rings. The van der Waals surface area contributed by atoms with E-state index in [-0.39, 0.29) is 5.82 Å². The smallest absolute Gasteiger partial charge is 0.364 e. The van der Waals surface area contributed by atoms with E-state index in [1.807, 2.05) is 18.3 Å². The van der Waals surface area contributed by atoms with Gasteiger partial charge in [-0.25, -0.2) is 0 Å². The highest BCUT2D eigenvalue weighted by molar-refractivity contribution is 5.51. The third kappa shape index (κ3) is 4.25. The van der Waals surface area contributed by atoms with Crippen molar-refractivity contribution in [3.05, 3.63) is 46.5 Å². The molecule has 0 atom stereocenters. The number of imidazole rings is 1. The molecule has 0 aromatic carbocycles. The minimum Gasteiger partial charge on any atom is -0.364 e. The molecular formula is C13H18N6O2. The summed E-state index contributed by atoms with van der Waals surface area (Å²) in [6.07, 6.45) is 5.85. The highest BCUT2D eigenvalue weighted by atomic mass is 16.6. The summed E-state index contributed by atoms with van der Waals surface area (Å²) < 4.78 is 1.61. The predicted octanol–water partition coefficient (Wildman–Crippen LogP) is 1.32. The summed E-state index contributed by atoms with van der Waals surface area (Å²) in [6, 6.07) is 3.91. The largest absolute Gasteiger partial charge is 0.406 e. The van der Waals surface area contributed by atoms with Crippen molar-refractivity contribution in [2.24, 2.45) is 7.05 Å². The zero-order valence-corrected chi connectivity index (χ0v) is 11.8. The second kappa shape index (κ2) is 7.34. The van der Waals surface area contributed by atoms with Gasteiger partial charge in [0.2, 0.25) is 12.1 Å². The van der Waals surface area contributed by atoms with Crippen molar-refractivity contribution in [2.75, 3.05) is 18.4 Å². The van der Waals surface area contributed by atoms with Gasteiger partial charge in [-0.05, 0) is 34.5 Å². The first-order chi connectivity index (χ1) is 10.2. The van der Waals surface area contributed by atoms with Gasteiger partial charge in [0, 0.05) is 32.5 Å². The summed E-state index contributed by atoms with van der Waals surface area (Å²) >= 11 is 0. The molecule has 0 saturated heterocycles. The third-order valence-corrected chi connectivity index (χ3v) is 2.97. The molecule has 0 bridgehead atoms. The van der Waals surface area contributed by atoms with Gasteiger partial charge in [-0.3, -0.25) is 9.55 Å². The molecule has 8 nitrogen and oxygen atoms in total. The molecule has 0 saturated carbocycles. The Labute approximate surface area is 122 Å². The molecule has 2 N–H and O–H groups in total. The fraction of sp³-hybridized carbons (Fsp3) is 0.385. The number of rotatable bonds is 8. The number of aryl methyl sites for hydroxylation is 1. The van der Waals surface area contributed by atoms with Gasteiger partial charge < -0.3 is 20.7 Å². The Bertz CT molecular complexity index is 584. The Morgan fingerprint density at radius 3 is 3.00 bits per heavy atom. The van der Waals surface area contributed by atoms with Gasteiger partial charge in [-0.2, -0.15) is 0 Å². The Morgan fingerprint density at radius 1 is 1.43 bits per heavy atom. The second-order valence-electron chi connectivity index (χ2n) is 4.60. The fourth-order valence-corrected chi connectivity index (χ4v) is 1.91. The molecule has 0 amide bonds. The maximum absolute atomic E-state index is 10.8. The van der Waals surface area contributed by atoms with Gasteiger partial charge >= 0.3 is 5.82 Å². The van der Waals surface area contributed by atoms with Crippen LogP contribution in [0, 0.1) is 10.1 Å². The highest BCUT2D eigenvalue weighted by Gasteiger charge is 2.18. The lowest BCUT2D eigenvalue weighted by Gasteiger charge is -2.07. The normalized spacial score (nSPS) is 10.5. The van der Waals surface area contributed by atoms with Crippen molar-refractivity contribution in [3.63, 3.8) is 0 Å². The van der Waals surface area contributed by atoms with E-state index in [2.05, 4.69) is 20.6 Å². The number of nitrogens with zero attached hydrogens (tertiary/aromatic N) is 4. The van der Waals surface area contributed by atoms with Crippen molar-refractivity contribution < 1.29 is 4.92 Å². The number of nitrogens with one attached hydrogen (secondary N) is 2. The molecule has 2 aromatic heterocycles. The standard InChI is InChI=1S/C13H18N6O2/c1-18-10-17-13(19(20)21)12(18)16-7-3-6-15-9-11-4-2-5-14-8-11/h2,4-5,8,10,15-16H,3,6-7,9H2,1H3. The van der Waals surface area contributed by atoms with E-state index in [9.17, 15) is 10.1 Å². The Hall–Kier alpha value is -2.48. The van der Waals surface area contributed by atoms with Crippen LogP contribution in [-0.4, -0.2) is 32.5 Å². The molecular weight excluding hydrogens is 272 g/mol. The first-order valence-corrected chi connectivity index (χ1v) is 6.67. The molecule has 2 rings (SSSR count). The van der Waals surface area contributed by atoms with E-state index in [0.29, 0.717) is 12.4 Å². The fourth-order valence-electron chi connectivity index (χ4n) is 1.91. The van der Waals surface area contributed by atoms with E-state index >= 15 is 0 Å². The lowest BCUT2D eigenvalue weighted by molar-refractivity contribution is -0.388. The Morgan fingerprint density at radius 2 is 2.29 bits per heavy atom. The minimum atomic E-state index is -0.483. The first kappa shape index (κ1) is 14.9. The molecule has 0 aliphatic carbocycles. The maximum atomic E-state index is 10.8. The number of anilines is 1. The summed E-state index contributed by atoms with van der Waals surface area (Å²) in [6.45, 7) is 2.22. The van der Waals surface area contributed by atoms with Crippen LogP contribution in [0.4, 0.5) is 11.6 Å². The van der Waals surface area contributed by atoms with E-state index in [0.717, 1.165) is 25.1 Å². The van der Waals surface area contributed by atoms with Crippen molar-refractivity contribution in [1.29, 1.82) is 0 Å². The lowest BCUT2D eigenvalue weighted by atomic mass is 10.3. The van der Waals surface area contributed by atoms with E-state index in [4.69, 9.17) is 0 Å². The van der Waals surface area contributed by atoms with E-state index in [1.54, 1.807) is 17.8 Å². The minimum absolute atomic E-state index is 0.138. The van der Waals surface area contributed by atoms with Crippen LogP contribution in [-0.2, 0) is 13.6 Å². The van der Waals surface area contributed by atoms with Crippen molar-refractivity contribution in [3.8, 4) is 0 Å². The number of nitro groups is 1. The summed E-state index contributed by atoms with van der Waals surface area (Å²) in [4.78, 5) is 18.1. The molecule has 2 heterocycles. The van der Waals surface area contributed by atoms with Crippen LogP contribution >= 0.6 is 0 Å². The van der Waals surface area contributed by atoms with Gasteiger partial charge in [-0.15, -0.1) is 0 Å². The Balaban J connectivity index is 1.68. The first-order valence-electron chi connectivity index (χ1n) is 6.67. The van der Waals surface area contributed by atoms with Crippen molar-refractivity contribution >= 4 is 11.6 Å². The van der Waals surface area contributed by atoms with Crippen LogP contribution in [0.3, 0.4) is 0 Å². The number of hydrogen-bond donors (Lipinski definition) is 2. The van der Waals surface area contributed by atoms with Gasteiger partial charge in [-0.1, -0.05) is 6.07 Å². The molecule has 8 heteroatoms. The zero-order valence-electron chi connectivity index (χ0n) is 11.8. The SMILES string of the molecule is Cn1cnc([N+](=O)[O-])c1NCCCNCc1cccnc1. The highest BCUT2D eigenvalue weighted by Crippen LogP contribution is 2.20. The van der Waals surface area contributed by atoms with Crippen LogP contribution < -0.4 is 10.6 Å². The molecule has 21 heavy (non-hydrogen) atoms. The summed E-state index contributed by atoms with van der Waals surface area (Å²) in [7, 11) is 1.73. The van der Waals surface area contributed by atoms with Crippen molar-refractivity contribution in [1.82, 2.24) is 19.9 Å². The van der Waals surface area contributed by atoms with Gasteiger partial charge in [0.15, 0.2) is 0 Å². The molecule has 0 radical (unpaired) electrons. The average Bonchev–Trinajstić information content (AvgIpc) is 2.85. The van der Waals surface area contributed by atoms with Gasteiger partial charge in [0.1, 0.15) is 0 Å². The van der Waals surface area contributed by atoms with Crippen LogP contribution in [0.1, 0.15) is 12.0 Å². The maximum Gasteiger partial charge on any atom is 0.406 e. The molecule has 2 aromatic rings. The van der Waals surface area contributed by atoms with Gasteiger partial charge in [0.25, 0.3) is 0 Å². The summed E-state index contributed by atoms with van der Waals surface area (Å²) in [5.41, 5.74) is 1.13. The van der Waals surface area contributed by atoms with Crippen LogP contribution in [0.5, 0.6) is 0 Å². The quantitative estimate of drug-likeness (QED) is 0.432. The van der Waals surface area contributed by atoms with E-state index in [1.165, 1.54) is 6.33 Å².